The third-order valence-corrected chi connectivity index (χ3v) is 7.78. The van der Waals surface area contributed by atoms with Crippen LogP contribution >= 0.6 is 11.3 Å². The molecular formula is C20H24N2O2S2. The van der Waals surface area contributed by atoms with E-state index in [1.807, 2.05) is 17.5 Å². The Morgan fingerprint density at radius 3 is 2.81 bits per heavy atom. The molecule has 26 heavy (non-hydrogen) atoms. The van der Waals surface area contributed by atoms with Crippen molar-refractivity contribution in [3.63, 3.8) is 0 Å². The highest BCUT2D eigenvalue weighted by molar-refractivity contribution is 7.89. The fourth-order valence-corrected chi connectivity index (χ4v) is 5.74. The quantitative estimate of drug-likeness (QED) is 0.639. The van der Waals surface area contributed by atoms with E-state index in [4.69, 9.17) is 0 Å². The molecule has 0 spiro atoms. The van der Waals surface area contributed by atoms with E-state index in [1.54, 1.807) is 17.4 Å². The van der Waals surface area contributed by atoms with Gasteiger partial charge in [0, 0.05) is 28.0 Å². The first kappa shape index (κ1) is 17.8. The highest BCUT2D eigenvalue weighted by atomic mass is 32.2. The molecule has 1 aliphatic rings. The molecule has 2 aromatic heterocycles. The zero-order chi connectivity index (χ0) is 18.1. The van der Waals surface area contributed by atoms with Crippen LogP contribution in [0.2, 0.25) is 0 Å². The lowest BCUT2D eigenvalue weighted by atomic mass is 10.1. The molecule has 0 fully saturated rings. The van der Waals surface area contributed by atoms with Crippen LogP contribution in [0.15, 0.2) is 34.5 Å². The Balaban J connectivity index is 1.56. The third kappa shape index (κ3) is 3.46. The van der Waals surface area contributed by atoms with Crippen LogP contribution in [0.4, 0.5) is 0 Å². The molecule has 1 aromatic carbocycles. The minimum Gasteiger partial charge on any atom is -0.358 e. The molecule has 2 heterocycles. The number of nitrogens with one attached hydrogen (secondary N) is 2. The van der Waals surface area contributed by atoms with Gasteiger partial charge in [0.1, 0.15) is 0 Å². The number of sulfonamides is 1. The first-order valence-electron chi connectivity index (χ1n) is 9.21. The summed E-state index contributed by atoms with van der Waals surface area (Å²) in [5.41, 5.74) is 4.87. The molecule has 0 saturated carbocycles. The number of rotatable bonds is 5. The number of fused-ring (bicyclic) bond motifs is 3. The normalized spacial score (nSPS) is 15.1. The SMILES string of the molecule is Cc1ccsc1CCNS(=O)(=O)c1ccc2[nH]c3c(c2c1)CCCCC3. The Labute approximate surface area is 158 Å². The van der Waals surface area contributed by atoms with E-state index >= 15 is 0 Å². The van der Waals surface area contributed by atoms with Crippen molar-refractivity contribution < 1.29 is 8.42 Å². The first-order valence-corrected chi connectivity index (χ1v) is 11.6. The second-order valence-corrected chi connectivity index (χ2v) is 9.79. The van der Waals surface area contributed by atoms with E-state index in [9.17, 15) is 8.42 Å². The van der Waals surface area contributed by atoms with Gasteiger partial charge in [-0.3, -0.25) is 0 Å². The largest absolute Gasteiger partial charge is 0.358 e. The maximum Gasteiger partial charge on any atom is 0.240 e. The van der Waals surface area contributed by atoms with Gasteiger partial charge in [-0.15, -0.1) is 11.3 Å². The topological polar surface area (TPSA) is 62.0 Å². The van der Waals surface area contributed by atoms with E-state index in [2.05, 4.69) is 22.7 Å². The Bertz CT molecular complexity index is 1030. The van der Waals surface area contributed by atoms with Gasteiger partial charge < -0.3 is 4.98 Å². The standard InChI is InChI=1S/C20H24N2O2S2/c1-14-10-12-25-20(14)9-11-21-26(23,24)15-7-8-19-17(13-15)16-5-3-2-4-6-18(16)22-19/h7-8,10,12-13,21-22H,2-6,9,11H2,1H3. The molecule has 3 aromatic rings. The number of aromatic nitrogens is 1. The Kier molecular flexibility index (Phi) is 4.90. The van der Waals surface area contributed by atoms with Gasteiger partial charge in [0.15, 0.2) is 0 Å². The van der Waals surface area contributed by atoms with Gasteiger partial charge in [-0.1, -0.05) is 6.42 Å². The molecule has 2 N–H and O–H groups in total. The van der Waals surface area contributed by atoms with Crippen LogP contribution in [0.5, 0.6) is 0 Å². The summed E-state index contributed by atoms with van der Waals surface area (Å²) in [6.07, 6.45) is 6.44. The molecule has 0 saturated heterocycles. The van der Waals surface area contributed by atoms with Gasteiger partial charge >= 0.3 is 0 Å². The molecule has 4 rings (SSSR count). The molecule has 0 radical (unpaired) electrons. The summed E-state index contributed by atoms with van der Waals surface area (Å²) < 4.78 is 28.2. The van der Waals surface area contributed by atoms with Crippen molar-refractivity contribution in [1.29, 1.82) is 0 Å². The second-order valence-electron chi connectivity index (χ2n) is 7.02. The van der Waals surface area contributed by atoms with E-state index in [-0.39, 0.29) is 0 Å². The number of aryl methyl sites for hydroxylation is 3. The van der Waals surface area contributed by atoms with Gasteiger partial charge in [0.25, 0.3) is 0 Å². The number of hydrogen-bond donors (Lipinski definition) is 2. The molecule has 1 aliphatic carbocycles. The molecule has 4 nitrogen and oxygen atoms in total. The molecule has 0 unspecified atom stereocenters. The molecule has 0 atom stereocenters. The fraction of sp³-hybridized carbons (Fsp3) is 0.400. The monoisotopic (exact) mass is 388 g/mol. The number of hydrogen-bond acceptors (Lipinski definition) is 3. The van der Waals surface area contributed by atoms with Crippen molar-refractivity contribution in [3.8, 4) is 0 Å². The average Bonchev–Trinajstić information content (AvgIpc) is 3.09. The Hall–Kier alpha value is -1.63. The summed E-state index contributed by atoms with van der Waals surface area (Å²) in [7, 11) is -3.49. The summed E-state index contributed by atoms with van der Waals surface area (Å²) >= 11 is 1.68. The number of thiophene rings is 1. The van der Waals surface area contributed by atoms with Crippen LogP contribution in [-0.4, -0.2) is 19.9 Å². The van der Waals surface area contributed by atoms with Crippen LogP contribution in [0.25, 0.3) is 10.9 Å². The van der Waals surface area contributed by atoms with E-state index in [0.717, 1.165) is 30.2 Å². The molecule has 138 valence electrons. The minimum atomic E-state index is -3.49. The summed E-state index contributed by atoms with van der Waals surface area (Å²) in [5, 5.41) is 3.11. The van der Waals surface area contributed by atoms with E-state index < -0.39 is 10.0 Å². The highest BCUT2D eigenvalue weighted by Gasteiger charge is 2.19. The first-order chi connectivity index (χ1) is 12.5. The van der Waals surface area contributed by atoms with E-state index in [1.165, 1.54) is 41.0 Å². The number of aromatic amines is 1. The number of H-pyrrole nitrogens is 1. The van der Waals surface area contributed by atoms with Gasteiger partial charge in [-0.2, -0.15) is 0 Å². The lowest BCUT2D eigenvalue weighted by molar-refractivity contribution is 0.582. The lowest BCUT2D eigenvalue weighted by Crippen LogP contribution is -2.25. The Morgan fingerprint density at radius 2 is 2.00 bits per heavy atom. The van der Waals surface area contributed by atoms with E-state index in [0.29, 0.717) is 11.4 Å². The number of benzene rings is 1. The Morgan fingerprint density at radius 1 is 1.15 bits per heavy atom. The molecule has 0 bridgehead atoms. The minimum absolute atomic E-state index is 0.360. The average molecular weight is 389 g/mol. The highest BCUT2D eigenvalue weighted by Crippen LogP contribution is 2.30. The molecular weight excluding hydrogens is 364 g/mol. The van der Waals surface area contributed by atoms with Crippen LogP contribution in [0.3, 0.4) is 0 Å². The summed E-state index contributed by atoms with van der Waals surface area (Å²) in [6.45, 7) is 2.48. The van der Waals surface area contributed by atoms with Gasteiger partial charge in [-0.25, -0.2) is 13.1 Å². The maximum atomic E-state index is 12.7. The summed E-state index contributed by atoms with van der Waals surface area (Å²) in [5.74, 6) is 0. The molecule has 0 aliphatic heterocycles. The lowest BCUT2D eigenvalue weighted by Gasteiger charge is -2.07. The fourth-order valence-electron chi connectivity index (χ4n) is 3.77. The van der Waals surface area contributed by atoms with Crippen LogP contribution in [0.1, 0.15) is 41.0 Å². The predicted molar refractivity (Wildman–Crippen MR) is 108 cm³/mol. The van der Waals surface area contributed by atoms with Crippen molar-refractivity contribution in [2.45, 2.75) is 50.3 Å². The molecule has 0 amide bonds. The van der Waals surface area contributed by atoms with Crippen LogP contribution < -0.4 is 4.72 Å². The summed E-state index contributed by atoms with van der Waals surface area (Å²) in [6, 6.07) is 7.52. The van der Waals surface area contributed by atoms with Crippen molar-refractivity contribution >= 4 is 32.3 Å². The smallest absolute Gasteiger partial charge is 0.240 e. The van der Waals surface area contributed by atoms with Crippen LogP contribution in [0, 0.1) is 6.92 Å². The van der Waals surface area contributed by atoms with Crippen molar-refractivity contribution in [3.05, 3.63) is 51.3 Å². The van der Waals surface area contributed by atoms with Crippen molar-refractivity contribution in [1.82, 2.24) is 9.71 Å². The second kappa shape index (κ2) is 7.18. The zero-order valence-corrected chi connectivity index (χ0v) is 16.6. The van der Waals surface area contributed by atoms with Gasteiger partial charge in [0.05, 0.1) is 4.90 Å². The van der Waals surface area contributed by atoms with Crippen molar-refractivity contribution in [2.24, 2.45) is 0 Å². The zero-order valence-electron chi connectivity index (χ0n) is 15.0. The van der Waals surface area contributed by atoms with Crippen LogP contribution in [-0.2, 0) is 29.3 Å². The van der Waals surface area contributed by atoms with Gasteiger partial charge in [-0.05, 0) is 79.8 Å². The summed E-state index contributed by atoms with van der Waals surface area (Å²) in [4.78, 5) is 5.08. The van der Waals surface area contributed by atoms with Gasteiger partial charge in [0.2, 0.25) is 10.0 Å². The molecule has 6 heteroatoms. The van der Waals surface area contributed by atoms with Crippen molar-refractivity contribution in [2.75, 3.05) is 6.54 Å². The third-order valence-electron chi connectivity index (χ3n) is 5.24. The maximum absolute atomic E-state index is 12.7. The predicted octanol–water partition coefficient (Wildman–Crippen LogP) is 4.33.